The summed E-state index contributed by atoms with van der Waals surface area (Å²) in [6.45, 7) is 3.81. The largest absolute Gasteiger partial charge is 0.508 e. The van der Waals surface area contributed by atoms with Crippen LogP contribution in [0.4, 0.5) is 0 Å². The van der Waals surface area contributed by atoms with Crippen LogP contribution in [0.15, 0.2) is 29.3 Å². The highest BCUT2D eigenvalue weighted by molar-refractivity contribution is 5.80. The van der Waals surface area contributed by atoms with Gasteiger partial charge in [-0.1, -0.05) is 12.1 Å². The van der Waals surface area contributed by atoms with Gasteiger partial charge >= 0.3 is 0 Å². The van der Waals surface area contributed by atoms with Gasteiger partial charge in [0, 0.05) is 19.1 Å². The lowest BCUT2D eigenvalue weighted by molar-refractivity contribution is 0.475. The van der Waals surface area contributed by atoms with E-state index in [4.69, 9.17) is 0 Å². The van der Waals surface area contributed by atoms with Crippen LogP contribution >= 0.6 is 0 Å². The molecule has 0 bridgehead atoms. The van der Waals surface area contributed by atoms with Crippen LogP contribution in [-0.2, 0) is 6.42 Å². The smallest absolute Gasteiger partial charge is 0.191 e. The molecule has 0 saturated heterocycles. The molecule has 0 radical (unpaired) electrons. The summed E-state index contributed by atoms with van der Waals surface area (Å²) in [5.74, 6) is 1.26. The first-order valence-electron chi connectivity index (χ1n) is 7.10. The van der Waals surface area contributed by atoms with Crippen molar-refractivity contribution >= 4 is 5.96 Å². The van der Waals surface area contributed by atoms with E-state index < -0.39 is 0 Å². The van der Waals surface area contributed by atoms with Crippen molar-refractivity contribution in [2.24, 2.45) is 4.99 Å². The van der Waals surface area contributed by atoms with E-state index in [9.17, 15) is 5.11 Å². The normalized spacial score (nSPS) is 15.3. The first kappa shape index (κ1) is 13.7. The standard InChI is InChI=1S/C15H23N3O/c1-2-16-15(18-13-7-8-13)17-11-3-4-12-5-9-14(19)10-6-12/h5-6,9-10,13,19H,2-4,7-8,11H2,1H3,(H2,16,17,18). The molecule has 0 spiro atoms. The Morgan fingerprint density at radius 3 is 2.68 bits per heavy atom. The van der Waals surface area contributed by atoms with Crippen molar-refractivity contribution in [2.45, 2.75) is 38.6 Å². The number of benzene rings is 1. The van der Waals surface area contributed by atoms with Gasteiger partial charge < -0.3 is 15.7 Å². The summed E-state index contributed by atoms with van der Waals surface area (Å²) in [5, 5.41) is 15.9. The van der Waals surface area contributed by atoms with Gasteiger partial charge in [-0.05, 0) is 50.3 Å². The Bertz CT molecular complexity index is 410. The Labute approximate surface area is 114 Å². The fraction of sp³-hybridized carbons (Fsp3) is 0.533. The molecule has 0 unspecified atom stereocenters. The van der Waals surface area contributed by atoms with Gasteiger partial charge in [-0.3, -0.25) is 4.99 Å². The van der Waals surface area contributed by atoms with Crippen molar-refractivity contribution in [3.8, 4) is 5.75 Å². The lowest BCUT2D eigenvalue weighted by Crippen LogP contribution is -2.38. The van der Waals surface area contributed by atoms with E-state index in [1.54, 1.807) is 12.1 Å². The number of guanidine groups is 1. The van der Waals surface area contributed by atoms with Crippen molar-refractivity contribution in [3.63, 3.8) is 0 Å². The fourth-order valence-corrected chi connectivity index (χ4v) is 1.88. The van der Waals surface area contributed by atoms with Crippen molar-refractivity contribution in [2.75, 3.05) is 13.1 Å². The number of hydrogen-bond acceptors (Lipinski definition) is 2. The second-order valence-electron chi connectivity index (χ2n) is 4.95. The predicted octanol–water partition coefficient (Wildman–Crippen LogP) is 2.04. The SMILES string of the molecule is CCNC(=NCCCc1ccc(O)cc1)NC1CC1. The van der Waals surface area contributed by atoms with Crippen LogP contribution in [0.2, 0.25) is 0 Å². The summed E-state index contributed by atoms with van der Waals surface area (Å²) in [6, 6.07) is 8.03. The van der Waals surface area contributed by atoms with Crippen LogP contribution in [0, 0.1) is 0 Å². The molecule has 1 saturated carbocycles. The molecule has 1 aliphatic carbocycles. The fourth-order valence-electron chi connectivity index (χ4n) is 1.88. The minimum absolute atomic E-state index is 0.324. The number of nitrogens with zero attached hydrogens (tertiary/aromatic N) is 1. The molecule has 19 heavy (non-hydrogen) atoms. The Morgan fingerprint density at radius 2 is 2.05 bits per heavy atom. The van der Waals surface area contributed by atoms with E-state index in [1.165, 1.54) is 18.4 Å². The third kappa shape index (κ3) is 5.20. The summed E-state index contributed by atoms with van der Waals surface area (Å²) in [7, 11) is 0. The van der Waals surface area contributed by atoms with E-state index in [2.05, 4.69) is 22.5 Å². The number of aliphatic imine (C=N–C) groups is 1. The number of phenols is 1. The van der Waals surface area contributed by atoms with Crippen LogP contribution in [0.25, 0.3) is 0 Å². The summed E-state index contributed by atoms with van der Waals surface area (Å²) in [4.78, 5) is 4.57. The van der Waals surface area contributed by atoms with Gasteiger partial charge in [0.2, 0.25) is 0 Å². The quantitative estimate of drug-likeness (QED) is 0.417. The molecule has 0 amide bonds. The molecule has 1 aromatic carbocycles. The lowest BCUT2D eigenvalue weighted by atomic mass is 10.1. The van der Waals surface area contributed by atoms with Gasteiger partial charge in [-0.15, -0.1) is 0 Å². The molecular formula is C15H23N3O. The maximum absolute atomic E-state index is 9.21. The van der Waals surface area contributed by atoms with Crippen LogP contribution < -0.4 is 10.6 Å². The molecule has 4 nitrogen and oxygen atoms in total. The Hall–Kier alpha value is -1.71. The van der Waals surface area contributed by atoms with E-state index in [0.717, 1.165) is 31.9 Å². The number of aromatic hydroxyl groups is 1. The van der Waals surface area contributed by atoms with Crippen LogP contribution in [-0.4, -0.2) is 30.2 Å². The first-order chi connectivity index (χ1) is 9.28. The number of phenolic OH excluding ortho intramolecular Hbond substituents is 1. The number of hydrogen-bond donors (Lipinski definition) is 3. The zero-order valence-corrected chi connectivity index (χ0v) is 11.5. The molecule has 1 fully saturated rings. The highest BCUT2D eigenvalue weighted by atomic mass is 16.3. The van der Waals surface area contributed by atoms with Gasteiger partial charge in [0.1, 0.15) is 5.75 Å². The molecule has 0 atom stereocenters. The minimum Gasteiger partial charge on any atom is -0.508 e. The van der Waals surface area contributed by atoms with Gasteiger partial charge in [0.05, 0.1) is 0 Å². The monoisotopic (exact) mass is 261 g/mol. The number of aryl methyl sites for hydroxylation is 1. The Morgan fingerprint density at radius 1 is 1.32 bits per heavy atom. The Kier molecular flexibility index (Phi) is 5.07. The van der Waals surface area contributed by atoms with Crippen molar-refractivity contribution in [3.05, 3.63) is 29.8 Å². The van der Waals surface area contributed by atoms with Gasteiger partial charge in [0.15, 0.2) is 5.96 Å². The second kappa shape index (κ2) is 7.02. The third-order valence-electron chi connectivity index (χ3n) is 3.09. The van der Waals surface area contributed by atoms with E-state index >= 15 is 0 Å². The van der Waals surface area contributed by atoms with Crippen LogP contribution in [0.3, 0.4) is 0 Å². The maximum Gasteiger partial charge on any atom is 0.191 e. The van der Waals surface area contributed by atoms with E-state index in [-0.39, 0.29) is 0 Å². The molecule has 1 aliphatic rings. The summed E-state index contributed by atoms with van der Waals surface area (Å²) < 4.78 is 0. The van der Waals surface area contributed by atoms with Gasteiger partial charge in [0.25, 0.3) is 0 Å². The lowest BCUT2D eigenvalue weighted by Gasteiger charge is -2.10. The maximum atomic E-state index is 9.21. The van der Waals surface area contributed by atoms with Gasteiger partial charge in [-0.2, -0.15) is 0 Å². The predicted molar refractivity (Wildman–Crippen MR) is 78.6 cm³/mol. The number of rotatable bonds is 6. The average Bonchev–Trinajstić information content (AvgIpc) is 3.21. The second-order valence-corrected chi connectivity index (χ2v) is 4.95. The zero-order valence-electron chi connectivity index (χ0n) is 11.5. The summed E-state index contributed by atoms with van der Waals surface area (Å²) in [6.07, 6.45) is 4.54. The van der Waals surface area contributed by atoms with Gasteiger partial charge in [-0.25, -0.2) is 0 Å². The molecule has 2 rings (SSSR count). The van der Waals surface area contributed by atoms with E-state index in [0.29, 0.717) is 11.8 Å². The average molecular weight is 261 g/mol. The summed E-state index contributed by atoms with van der Waals surface area (Å²) >= 11 is 0. The molecule has 1 aromatic rings. The molecule has 4 heteroatoms. The zero-order chi connectivity index (χ0) is 13.5. The van der Waals surface area contributed by atoms with Crippen molar-refractivity contribution < 1.29 is 5.11 Å². The highest BCUT2D eigenvalue weighted by Crippen LogP contribution is 2.18. The highest BCUT2D eigenvalue weighted by Gasteiger charge is 2.21. The molecule has 3 N–H and O–H groups in total. The topological polar surface area (TPSA) is 56.7 Å². The first-order valence-corrected chi connectivity index (χ1v) is 7.10. The molecule has 0 heterocycles. The van der Waals surface area contributed by atoms with E-state index in [1.807, 2.05) is 12.1 Å². The summed E-state index contributed by atoms with van der Waals surface area (Å²) in [5.41, 5.74) is 1.24. The molecular weight excluding hydrogens is 238 g/mol. The van der Waals surface area contributed by atoms with Crippen LogP contribution in [0.1, 0.15) is 31.7 Å². The molecule has 0 aromatic heterocycles. The third-order valence-corrected chi connectivity index (χ3v) is 3.09. The Balaban J connectivity index is 1.72. The number of nitrogens with one attached hydrogen (secondary N) is 2. The molecule has 104 valence electrons. The van der Waals surface area contributed by atoms with Crippen LogP contribution in [0.5, 0.6) is 5.75 Å². The molecule has 0 aliphatic heterocycles. The minimum atomic E-state index is 0.324. The van der Waals surface area contributed by atoms with Crippen molar-refractivity contribution in [1.82, 2.24) is 10.6 Å². The van der Waals surface area contributed by atoms with Crippen molar-refractivity contribution in [1.29, 1.82) is 0 Å².